The van der Waals surface area contributed by atoms with E-state index in [1.54, 1.807) is 0 Å². The Kier molecular flexibility index (Phi) is 7.86. The highest BCUT2D eigenvalue weighted by Gasteiger charge is 2.03. The number of hydrogen-bond acceptors (Lipinski definition) is 1. The van der Waals surface area contributed by atoms with E-state index in [9.17, 15) is 0 Å². The monoisotopic (exact) mass is 245 g/mol. The molecule has 18 heavy (non-hydrogen) atoms. The second-order valence-corrected chi connectivity index (χ2v) is 4.69. The third-order valence-electron chi connectivity index (χ3n) is 2.56. The van der Waals surface area contributed by atoms with Gasteiger partial charge in [-0.3, -0.25) is 0 Å². The fourth-order valence-corrected chi connectivity index (χ4v) is 1.52. The summed E-state index contributed by atoms with van der Waals surface area (Å²) in [5.41, 5.74) is 5.08. The van der Waals surface area contributed by atoms with Gasteiger partial charge in [0.15, 0.2) is 0 Å². The summed E-state index contributed by atoms with van der Waals surface area (Å²) in [6, 6.07) is 6.52. The first-order valence-electron chi connectivity index (χ1n) is 6.55. The third kappa shape index (κ3) is 5.22. The highest BCUT2D eigenvalue weighted by molar-refractivity contribution is 5.66. The molecule has 0 bridgehead atoms. The number of aryl methyl sites for hydroxylation is 2. The molecule has 0 fully saturated rings. The molecular weight excluding hydrogens is 218 g/mol. The van der Waals surface area contributed by atoms with Gasteiger partial charge in [-0.2, -0.15) is 0 Å². The van der Waals surface area contributed by atoms with E-state index in [4.69, 9.17) is 0 Å². The van der Waals surface area contributed by atoms with Gasteiger partial charge < -0.3 is 4.90 Å². The van der Waals surface area contributed by atoms with Crippen LogP contribution in [0.25, 0.3) is 5.70 Å². The predicted molar refractivity (Wildman–Crippen MR) is 83.7 cm³/mol. The summed E-state index contributed by atoms with van der Waals surface area (Å²) in [7, 11) is 4.09. The van der Waals surface area contributed by atoms with E-state index in [1.807, 2.05) is 26.2 Å². The summed E-state index contributed by atoms with van der Waals surface area (Å²) in [5.74, 6) is 0. The molecule has 0 amide bonds. The molecule has 1 nitrogen and oxygen atoms in total. The van der Waals surface area contributed by atoms with Crippen molar-refractivity contribution in [2.45, 2.75) is 34.1 Å². The normalized spacial score (nSPS) is 10.4. The van der Waals surface area contributed by atoms with Crippen molar-refractivity contribution in [1.29, 1.82) is 0 Å². The molecule has 1 rings (SSSR count). The van der Waals surface area contributed by atoms with Gasteiger partial charge in [-0.05, 0) is 42.7 Å². The van der Waals surface area contributed by atoms with Crippen molar-refractivity contribution in [3.05, 3.63) is 53.6 Å². The number of hydrogen-bond donors (Lipinski definition) is 0. The van der Waals surface area contributed by atoms with Crippen LogP contribution in [0.3, 0.4) is 0 Å². The molecule has 0 aliphatic rings. The third-order valence-corrected chi connectivity index (χ3v) is 2.56. The zero-order valence-corrected chi connectivity index (χ0v) is 12.7. The van der Waals surface area contributed by atoms with Gasteiger partial charge in [0, 0.05) is 19.8 Å². The van der Waals surface area contributed by atoms with Crippen molar-refractivity contribution < 1.29 is 0 Å². The van der Waals surface area contributed by atoms with Crippen LogP contribution in [0.1, 0.15) is 37.0 Å². The van der Waals surface area contributed by atoms with Gasteiger partial charge in [-0.1, -0.05) is 45.1 Å². The summed E-state index contributed by atoms with van der Waals surface area (Å²) in [6.45, 7) is 12.3. The molecule has 0 heterocycles. The molecule has 0 spiro atoms. The SMILES string of the molecule is C=C/C=C(/c1ccc(C)c(C)c1)N(C)C.CCC. The van der Waals surface area contributed by atoms with E-state index >= 15 is 0 Å². The number of nitrogens with zero attached hydrogens (tertiary/aromatic N) is 1. The highest BCUT2D eigenvalue weighted by atomic mass is 15.1. The maximum atomic E-state index is 3.75. The molecule has 0 N–H and O–H groups in total. The Morgan fingerprint density at radius 1 is 1.17 bits per heavy atom. The molecular formula is C17H27N. The minimum atomic E-state index is 1.19. The molecule has 0 aliphatic carbocycles. The average Bonchev–Trinajstić information content (AvgIpc) is 2.30. The Hall–Kier alpha value is -1.50. The minimum Gasteiger partial charge on any atom is -0.377 e. The van der Waals surface area contributed by atoms with Crippen LogP contribution in [0.2, 0.25) is 0 Å². The maximum absolute atomic E-state index is 3.75. The van der Waals surface area contributed by atoms with Crippen molar-refractivity contribution in [2.24, 2.45) is 0 Å². The van der Waals surface area contributed by atoms with Gasteiger partial charge in [0.2, 0.25) is 0 Å². The van der Waals surface area contributed by atoms with E-state index in [0.717, 1.165) is 0 Å². The lowest BCUT2D eigenvalue weighted by Crippen LogP contribution is -2.09. The molecule has 0 saturated carbocycles. The Morgan fingerprint density at radius 2 is 1.72 bits per heavy atom. The van der Waals surface area contributed by atoms with Gasteiger partial charge in [0.25, 0.3) is 0 Å². The number of rotatable bonds is 3. The van der Waals surface area contributed by atoms with Crippen molar-refractivity contribution in [3.8, 4) is 0 Å². The lowest BCUT2D eigenvalue weighted by Gasteiger charge is -2.18. The first kappa shape index (κ1) is 16.5. The Labute approximate surface area is 113 Å². The second kappa shape index (κ2) is 8.57. The van der Waals surface area contributed by atoms with E-state index in [0.29, 0.717) is 0 Å². The van der Waals surface area contributed by atoms with Gasteiger partial charge in [-0.25, -0.2) is 0 Å². The zero-order valence-electron chi connectivity index (χ0n) is 12.7. The highest BCUT2D eigenvalue weighted by Crippen LogP contribution is 2.19. The van der Waals surface area contributed by atoms with E-state index < -0.39 is 0 Å². The maximum Gasteiger partial charge on any atom is 0.0434 e. The van der Waals surface area contributed by atoms with Crippen LogP contribution in [-0.4, -0.2) is 19.0 Å². The molecule has 1 aromatic carbocycles. The quantitative estimate of drug-likeness (QED) is 0.691. The first-order chi connectivity index (χ1) is 8.47. The standard InChI is InChI=1S/C14H19N.C3H8/c1-6-7-14(15(4)5)13-9-8-11(2)12(3)10-13;1-3-2/h6-10H,1H2,2-5H3;3H2,1-2H3/b14-7-;. The molecule has 1 heteroatoms. The largest absolute Gasteiger partial charge is 0.377 e. The van der Waals surface area contributed by atoms with Crippen molar-refractivity contribution in [3.63, 3.8) is 0 Å². The van der Waals surface area contributed by atoms with Crippen molar-refractivity contribution >= 4 is 5.70 Å². The van der Waals surface area contributed by atoms with Gasteiger partial charge >= 0.3 is 0 Å². The number of benzene rings is 1. The van der Waals surface area contributed by atoms with Gasteiger partial charge in [-0.15, -0.1) is 0 Å². The van der Waals surface area contributed by atoms with E-state index in [1.165, 1.54) is 28.8 Å². The molecule has 0 aromatic heterocycles. The van der Waals surface area contributed by atoms with E-state index in [2.05, 4.69) is 57.4 Å². The van der Waals surface area contributed by atoms with E-state index in [-0.39, 0.29) is 0 Å². The Morgan fingerprint density at radius 3 is 2.11 bits per heavy atom. The van der Waals surface area contributed by atoms with Crippen LogP contribution in [0.15, 0.2) is 36.9 Å². The zero-order chi connectivity index (χ0) is 14.1. The lowest BCUT2D eigenvalue weighted by molar-refractivity contribution is 0.592. The first-order valence-corrected chi connectivity index (χ1v) is 6.55. The van der Waals surface area contributed by atoms with Gasteiger partial charge in [0.05, 0.1) is 0 Å². The summed E-state index contributed by atoms with van der Waals surface area (Å²) >= 11 is 0. The van der Waals surface area contributed by atoms with Gasteiger partial charge in [0.1, 0.15) is 0 Å². The summed E-state index contributed by atoms with van der Waals surface area (Å²) < 4.78 is 0. The molecule has 0 saturated heterocycles. The van der Waals surface area contributed by atoms with Crippen LogP contribution in [0.5, 0.6) is 0 Å². The van der Waals surface area contributed by atoms with Crippen molar-refractivity contribution in [1.82, 2.24) is 4.90 Å². The molecule has 1 aromatic rings. The molecule has 0 radical (unpaired) electrons. The van der Waals surface area contributed by atoms with Crippen LogP contribution < -0.4 is 0 Å². The smallest absolute Gasteiger partial charge is 0.0434 e. The lowest BCUT2D eigenvalue weighted by atomic mass is 10.0. The van der Waals surface area contributed by atoms with Crippen LogP contribution in [-0.2, 0) is 0 Å². The van der Waals surface area contributed by atoms with Crippen LogP contribution in [0, 0.1) is 13.8 Å². The fraction of sp³-hybridized carbons (Fsp3) is 0.412. The Balaban J connectivity index is 0.000000873. The Bertz CT molecular complexity index is 400. The molecule has 100 valence electrons. The van der Waals surface area contributed by atoms with Crippen LogP contribution >= 0.6 is 0 Å². The second-order valence-electron chi connectivity index (χ2n) is 4.69. The predicted octanol–water partition coefficient (Wildman–Crippen LogP) is 4.81. The molecule has 0 unspecified atom stereocenters. The van der Waals surface area contributed by atoms with Crippen molar-refractivity contribution in [2.75, 3.05) is 14.1 Å². The summed E-state index contributed by atoms with van der Waals surface area (Å²) in [4.78, 5) is 2.10. The average molecular weight is 245 g/mol. The molecule has 0 aliphatic heterocycles. The van der Waals surface area contributed by atoms with Crippen LogP contribution in [0.4, 0.5) is 0 Å². The topological polar surface area (TPSA) is 3.24 Å². The minimum absolute atomic E-state index is 1.19. The number of allylic oxidation sites excluding steroid dienone is 2. The molecule has 0 atom stereocenters. The summed E-state index contributed by atoms with van der Waals surface area (Å²) in [5, 5.41) is 0. The fourth-order valence-electron chi connectivity index (χ4n) is 1.52. The summed E-state index contributed by atoms with van der Waals surface area (Å²) in [6.07, 6.45) is 5.11.